The number of alkyl halides is 3. The lowest BCUT2D eigenvalue weighted by molar-refractivity contribution is -0.137. The van der Waals surface area contributed by atoms with Gasteiger partial charge in [0.25, 0.3) is 5.56 Å². The summed E-state index contributed by atoms with van der Waals surface area (Å²) in [6.45, 7) is 3.00. The first-order chi connectivity index (χ1) is 19.5. The number of hydrogen-bond donors (Lipinski definition) is 2. The Balaban J connectivity index is 1.53. The Morgan fingerprint density at radius 3 is 2.34 bits per heavy atom. The van der Waals surface area contributed by atoms with Crippen LogP contribution < -0.4 is 10.9 Å². The van der Waals surface area contributed by atoms with E-state index in [4.69, 9.17) is 14.2 Å². The number of hydrogen-bond acceptors (Lipinski definition) is 9. The fourth-order valence-electron chi connectivity index (χ4n) is 3.67. The molecular weight excluding hydrogens is 551 g/mol. The highest BCUT2D eigenvalue weighted by Crippen LogP contribution is 2.35. The standard InChI is InChI=1S/C26H22F3N5O7/c1-3-39-23(36)14-5-7-15(8-6-14)31-25(38)41-12-16-11-34(13-30-16)20-10-19-18(9-17(20)26(27,28)29)33-22(35)21(32-19)24(37)40-4-2/h5-11,13H,3-4,12H2,1-2H3,(H,31,38)(H,33,35). The SMILES string of the molecule is CCOC(=O)c1ccc(NC(=O)OCc2cn(-c3cc4nc(C(=O)OCC)c(=O)[nH]c4cc3C(F)(F)F)cn2)cc1. The van der Waals surface area contributed by atoms with Gasteiger partial charge in [-0.05, 0) is 50.2 Å². The molecule has 12 nitrogen and oxygen atoms in total. The van der Waals surface area contributed by atoms with Crippen molar-refractivity contribution in [2.75, 3.05) is 18.5 Å². The number of H-pyrrole nitrogens is 1. The normalized spacial score (nSPS) is 11.2. The molecule has 2 aromatic heterocycles. The van der Waals surface area contributed by atoms with E-state index in [1.54, 1.807) is 6.92 Å². The maximum Gasteiger partial charge on any atom is 0.418 e. The van der Waals surface area contributed by atoms with Gasteiger partial charge in [-0.25, -0.2) is 24.4 Å². The van der Waals surface area contributed by atoms with Gasteiger partial charge in [0.15, 0.2) is 0 Å². The van der Waals surface area contributed by atoms with Gasteiger partial charge < -0.3 is 23.8 Å². The van der Waals surface area contributed by atoms with Crippen molar-refractivity contribution in [1.82, 2.24) is 19.5 Å². The van der Waals surface area contributed by atoms with Gasteiger partial charge in [-0.2, -0.15) is 13.2 Å². The molecule has 0 unspecified atom stereocenters. The van der Waals surface area contributed by atoms with Gasteiger partial charge in [0.1, 0.15) is 6.61 Å². The molecular formula is C26H22F3N5O7. The smallest absolute Gasteiger partial charge is 0.418 e. The van der Waals surface area contributed by atoms with Crippen LogP contribution in [0.25, 0.3) is 16.7 Å². The second-order valence-electron chi connectivity index (χ2n) is 8.29. The third-order valence-corrected chi connectivity index (χ3v) is 5.49. The maximum atomic E-state index is 13.9. The number of nitrogens with one attached hydrogen (secondary N) is 2. The summed E-state index contributed by atoms with van der Waals surface area (Å²) in [5.74, 6) is -1.53. The first kappa shape index (κ1) is 28.8. The number of esters is 2. The Morgan fingerprint density at radius 1 is 1.00 bits per heavy atom. The molecule has 214 valence electrons. The van der Waals surface area contributed by atoms with Gasteiger partial charge in [-0.15, -0.1) is 0 Å². The summed E-state index contributed by atoms with van der Waals surface area (Å²) < 4.78 is 57.6. The number of benzene rings is 2. The van der Waals surface area contributed by atoms with E-state index in [1.165, 1.54) is 37.4 Å². The number of aromatic amines is 1. The van der Waals surface area contributed by atoms with E-state index in [0.717, 1.165) is 17.0 Å². The van der Waals surface area contributed by atoms with Crippen molar-refractivity contribution in [3.63, 3.8) is 0 Å². The van der Waals surface area contributed by atoms with E-state index < -0.39 is 46.7 Å². The van der Waals surface area contributed by atoms with Crippen LogP contribution in [-0.2, 0) is 27.0 Å². The second-order valence-corrected chi connectivity index (χ2v) is 8.29. The van der Waals surface area contributed by atoms with Crippen molar-refractivity contribution >= 4 is 34.8 Å². The highest BCUT2D eigenvalue weighted by Gasteiger charge is 2.35. The molecule has 2 aromatic carbocycles. The average Bonchev–Trinajstić information content (AvgIpc) is 3.40. The predicted molar refractivity (Wildman–Crippen MR) is 137 cm³/mol. The van der Waals surface area contributed by atoms with Crippen LogP contribution in [0.1, 0.15) is 46.0 Å². The molecule has 0 aliphatic rings. The van der Waals surface area contributed by atoms with Gasteiger partial charge >= 0.3 is 24.2 Å². The third-order valence-electron chi connectivity index (χ3n) is 5.49. The molecule has 0 aliphatic carbocycles. The molecule has 0 atom stereocenters. The fourth-order valence-corrected chi connectivity index (χ4v) is 3.67. The number of rotatable bonds is 8. The van der Waals surface area contributed by atoms with E-state index in [1.807, 2.05) is 0 Å². The summed E-state index contributed by atoms with van der Waals surface area (Å²) in [7, 11) is 0. The van der Waals surface area contributed by atoms with Crippen molar-refractivity contribution in [2.24, 2.45) is 0 Å². The number of halogens is 3. The van der Waals surface area contributed by atoms with Gasteiger partial charge in [0, 0.05) is 11.9 Å². The Kier molecular flexibility index (Phi) is 8.35. The second kappa shape index (κ2) is 11.9. The number of imidazole rings is 1. The zero-order valence-electron chi connectivity index (χ0n) is 21.6. The molecule has 0 radical (unpaired) electrons. The molecule has 0 fully saturated rings. The van der Waals surface area contributed by atoms with E-state index in [2.05, 4.69) is 20.3 Å². The number of anilines is 1. The highest BCUT2D eigenvalue weighted by molar-refractivity contribution is 5.91. The molecule has 15 heteroatoms. The van der Waals surface area contributed by atoms with Gasteiger partial charge in [0.2, 0.25) is 5.69 Å². The van der Waals surface area contributed by atoms with Crippen LogP contribution in [0, 0.1) is 0 Å². The number of carbonyl (C=O) groups is 3. The van der Waals surface area contributed by atoms with E-state index >= 15 is 0 Å². The minimum Gasteiger partial charge on any atom is -0.462 e. The molecule has 2 N–H and O–H groups in total. The van der Waals surface area contributed by atoms with Crippen LogP contribution in [0.2, 0.25) is 0 Å². The first-order valence-electron chi connectivity index (χ1n) is 12.1. The summed E-state index contributed by atoms with van der Waals surface area (Å²) in [4.78, 5) is 58.3. The molecule has 0 saturated carbocycles. The van der Waals surface area contributed by atoms with E-state index in [0.29, 0.717) is 17.3 Å². The summed E-state index contributed by atoms with van der Waals surface area (Å²) in [6, 6.07) is 7.58. The van der Waals surface area contributed by atoms with Crippen LogP contribution in [0.4, 0.5) is 23.7 Å². The lowest BCUT2D eigenvalue weighted by Gasteiger charge is -2.14. The Labute approximate surface area is 229 Å². The van der Waals surface area contributed by atoms with Crippen molar-refractivity contribution in [1.29, 1.82) is 0 Å². The number of nitrogens with zero attached hydrogens (tertiary/aromatic N) is 3. The van der Waals surface area contributed by atoms with Gasteiger partial charge in [-0.3, -0.25) is 10.1 Å². The van der Waals surface area contributed by atoms with Gasteiger partial charge in [0.05, 0.1) is 53.1 Å². The summed E-state index contributed by atoms with van der Waals surface area (Å²) >= 11 is 0. The molecule has 0 saturated heterocycles. The number of carbonyl (C=O) groups excluding carboxylic acids is 3. The van der Waals surface area contributed by atoms with E-state index in [-0.39, 0.29) is 36.5 Å². The Morgan fingerprint density at radius 2 is 1.68 bits per heavy atom. The highest BCUT2D eigenvalue weighted by atomic mass is 19.4. The molecule has 0 spiro atoms. The Hall–Kier alpha value is -5.21. The summed E-state index contributed by atoms with van der Waals surface area (Å²) in [6.07, 6.45) is -3.40. The molecule has 2 heterocycles. The fraction of sp³-hybridized carbons (Fsp3) is 0.231. The quantitative estimate of drug-likeness (QED) is 0.233. The molecule has 4 aromatic rings. The zero-order valence-corrected chi connectivity index (χ0v) is 21.6. The molecule has 0 aliphatic heterocycles. The van der Waals surface area contributed by atoms with Crippen molar-refractivity contribution in [3.8, 4) is 5.69 Å². The van der Waals surface area contributed by atoms with Crippen LogP contribution in [0.15, 0.2) is 53.7 Å². The maximum absolute atomic E-state index is 13.9. The summed E-state index contributed by atoms with van der Waals surface area (Å²) in [5.41, 5.74) is -2.71. The van der Waals surface area contributed by atoms with Crippen LogP contribution in [-0.4, -0.2) is 50.8 Å². The van der Waals surface area contributed by atoms with Gasteiger partial charge in [-0.1, -0.05) is 0 Å². The largest absolute Gasteiger partial charge is 0.462 e. The number of fused-ring (bicyclic) bond motifs is 1. The lowest BCUT2D eigenvalue weighted by atomic mass is 10.1. The average molecular weight is 573 g/mol. The van der Waals surface area contributed by atoms with Crippen molar-refractivity contribution in [2.45, 2.75) is 26.6 Å². The molecule has 41 heavy (non-hydrogen) atoms. The van der Waals surface area contributed by atoms with Crippen LogP contribution in [0.5, 0.6) is 0 Å². The predicted octanol–water partition coefficient (Wildman–Crippen LogP) is 4.23. The monoisotopic (exact) mass is 573 g/mol. The Bertz CT molecular complexity index is 1660. The molecule has 0 bridgehead atoms. The van der Waals surface area contributed by atoms with Crippen molar-refractivity contribution in [3.05, 3.63) is 81.8 Å². The van der Waals surface area contributed by atoms with Crippen LogP contribution >= 0.6 is 0 Å². The summed E-state index contributed by atoms with van der Waals surface area (Å²) in [5, 5.41) is 2.45. The minimum absolute atomic E-state index is 0.0318. The number of amides is 1. The topological polar surface area (TPSA) is 154 Å². The molecule has 1 amide bonds. The zero-order chi connectivity index (χ0) is 29.7. The van der Waals surface area contributed by atoms with Crippen molar-refractivity contribution < 1.29 is 41.8 Å². The van der Waals surface area contributed by atoms with E-state index in [9.17, 15) is 32.3 Å². The third kappa shape index (κ3) is 6.69. The number of aromatic nitrogens is 4. The minimum atomic E-state index is -4.83. The first-order valence-corrected chi connectivity index (χ1v) is 12.1. The molecule has 4 rings (SSSR count). The van der Waals surface area contributed by atoms with Crippen LogP contribution in [0.3, 0.4) is 0 Å². The lowest BCUT2D eigenvalue weighted by Crippen LogP contribution is -2.22. The number of ether oxygens (including phenoxy) is 3.